The second-order valence-electron chi connectivity index (χ2n) is 7.40. The van der Waals surface area contributed by atoms with Crippen LogP contribution in [0.15, 0.2) is 36.4 Å². The Morgan fingerprint density at radius 2 is 1.50 bits per heavy atom. The van der Waals surface area contributed by atoms with Gasteiger partial charge in [0.05, 0.1) is 18.4 Å². The summed E-state index contributed by atoms with van der Waals surface area (Å²) in [5.41, 5.74) is 2.23. The van der Waals surface area contributed by atoms with E-state index in [1.165, 1.54) is 16.9 Å². The van der Waals surface area contributed by atoms with Gasteiger partial charge in [0.2, 0.25) is 11.8 Å². The highest BCUT2D eigenvalue weighted by atomic mass is 16.2. The first-order chi connectivity index (χ1) is 10.6. The molecular weight excluding hydrogens is 274 g/mol. The molecule has 2 amide bonds. The molecular formula is C19H19NO2. The van der Waals surface area contributed by atoms with Crippen molar-refractivity contribution in [2.24, 2.45) is 35.5 Å². The normalized spacial score (nSPS) is 40.9. The first kappa shape index (κ1) is 12.6. The number of benzene rings is 1. The Kier molecular flexibility index (Phi) is 2.35. The van der Waals surface area contributed by atoms with Crippen molar-refractivity contribution in [3.63, 3.8) is 0 Å². The molecule has 0 unspecified atom stereocenters. The molecule has 2 saturated carbocycles. The molecule has 3 nitrogen and oxygen atoms in total. The van der Waals surface area contributed by atoms with E-state index in [9.17, 15) is 9.59 Å². The lowest BCUT2D eigenvalue weighted by atomic mass is 9.63. The van der Waals surface area contributed by atoms with Crippen molar-refractivity contribution in [1.29, 1.82) is 0 Å². The van der Waals surface area contributed by atoms with Crippen LogP contribution >= 0.6 is 0 Å². The molecule has 1 aliphatic heterocycles. The molecule has 0 aromatic heterocycles. The molecule has 4 aliphatic carbocycles. The van der Waals surface area contributed by atoms with Gasteiger partial charge in [-0.15, -0.1) is 0 Å². The zero-order valence-electron chi connectivity index (χ0n) is 12.6. The Morgan fingerprint density at radius 3 is 2.05 bits per heavy atom. The minimum atomic E-state index is -0.0725. The van der Waals surface area contributed by atoms with E-state index in [4.69, 9.17) is 0 Å². The van der Waals surface area contributed by atoms with Crippen molar-refractivity contribution in [3.8, 4) is 0 Å². The molecule has 0 radical (unpaired) electrons. The molecule has 6 rings (SSSR count). The molecule has 22 heavy (non-hydrogen) atoms. The zero-order chi connectivity index (χ0) is 15.0. The maximum absolute atomic E-state index is 12.8. The van der Waals surface area contributed by atoms with Crippen LogP contribution in [0.1, 0.15) is 17.5 Å². The number of rotatable bonds is 2. The number of hydrogen-bond acceptors (Lipinski definition) is 2. The molecule has 1 saturated heterocycles. The van der Waals surface area contributed by atoms with Crippen LogP contribution in [0.2, 0.25) is 0 Å². The second kappa shape index (κ2) is 4.09. The van der Waals surface area contributed by atoms with Crippen LogP contribution in [0.5, 0.6) is 0 Å². The molecule has 5 aliphatic rings. The van der Waals surface area contributed by atoms with Gasteiger partial charge in [0.1, 0.15) is 0 Å². The van der Waals surface area contributed by atoms with Gasteiger partial charge in [-0.05, 0) is 42.6 Å². The standard InChI is InChI=1S/C19H19NO2/c1-10-2-4-11(5-3-10)9-20-18(21)16-12-6-7-13(15-8-14(12)15)17(16)19(20)22/h2-7,12-17H,8-9H2,1H3/t12-,13-,14-,15+,16+,17+/m0/s1. The summed E-state index contributed by atoms with van der Waals surface area (Å²) in [6.07, 6.45) is 5.66. The van der Waals surface area contributed by atoms with Crippen LogP contribution in [0.4, 0.5) is 0 Å². The van der Waals surface area contributed by atoms with Crippen LogP contribution in [0.3, 0.4) is 0 Å². The molecule has 1 heterocycles. The third-order valence-electron chi connectivity index (χ3n) is 6.22. The first-order valence-electron chi connectivity index (χ1n) is 8.24. The van der Waals surface area contributed by atoms with E-state index in [0.29, 0.717) is 30.2 Å². The number of likely N-dealkylation sites (tertiary alicyclic amines) is 1. The van der Waals surface area contributed by atoms with Crippen LogP contribution in [0, 0.1) is 42.4 Å². The van der Waals surface area contributed by atoms with Gasteiger partial charge in [0.25, 0.3) is 0 Å². The quantitative estimate of drug-likeness (QED) is 0.621. The molecule has 3 heteroatoms. The summed E-state index contributed by atoms with van der Waals surface area (Å²) in [5, 5.41) is 0. The first-order valence-corrected chi connectivity index (χ1v) is 8.24. The fraction of sp³-hybridized carbons (Fsp3) is 0.474. The number of nitrogens with zero attached hydrogens (tertiary/aromatic N) is 1. The smallest absolute Gasteiger partial charge is 0.234 e. The maximum Gasteiger partial charge on any atom is 0.234 e. The van der Waals surface area contributed by atoms with Gasteiger partial charge in [-0.1, -0.05) is 42.0 Å². The fourth-order valence-corrected chi connectivity index (χ4v) is 5.05. The van der Waals surface area contributed by atoms with E-state index in [-0.39, 0.29) is 23.7 Å². The molecule has 112 valence electrons. The van der Waals surface area contributed by atoms with E-state index in [1.807, 2.05) is 31.2 Å². The van der Waals surface area contributed by atoms with E-state index < -0.39 is 0 Å². The number of carbonyl (C=O) groups is 2. The van der Waals surface area contributed by atoms with Gasteiger partial charge in [-0.25, -0.2) is 0 Å². The van der Waals surface area contributed by atoms with Crippen molar-refractivity contribution in [2.75, 3.05) is 0 Å². The summed E-state index contributed by atoms with van der Waals surface area (Å²) in [7, 11) is 0. The van der Waals surface area contributed by atoms with E-state index >= 15 is 0 Å². The van der Waals surface area contributed by atoms with E-state index in [1.54, 1.807) is 0 Å². The Balaban J connectivity index is 1.46. The topological polar surface area (TPSA) is 37.4 Å². The lowest BCUT2D eigenvalue weighted by Crippen LogP contribution is -2.40. The lowest BCUT2D eigenvalue weighted by Gasteiger charge is -2.37. The molecule has 1 aromatic rings. The summed E-state index contributed by atoms with van der Waals surface area (Å²) in [5.74, 6) is 1.98. The highest BCUT2D eigenvalue weighted by molar-refractivity contribution is 6.06. The molecule has 2 bridgehead atoms. The third kappa shape index (κ3) is 1.52. The Morgan fingerprint density at radius 1 is 0.955 bits per heavy atom. The van der Waals surface area contributed by atoms with Crippen molar-refractivity contribution < 1.29 is 9.59 Å². The Bertz CT molecular complexity index is 669. The molecule has 6 atom stereocenters. The average molecular weight is 293 g/mol. The van der Waals surface area contributed by atoms with Crippen molar-refractivity contribution in [1.82, 2.24) is 4.90 Å². The summed E-state index contributed by atoms with van der Waals surface area (Å²) in [6, 6.07) is 8.10. The van der Waals surface area contributed by atoms with Gasteiger partial charge < -0.3 is 0 Å². The van der Waals surface area contributed by atoms with Gasteiger partial charge in [-0.3, -0.25) is 14.5 Å². The minimum Gasteiger partial charge on any atom is -0.278 e. The maximum atomic E-state index is 12.8. The van der Waals surface area contributed by atoms with Crippen LogP contribution < -0.4 is 0 Å². The van der Waals surface area contributed by atoms with E-state index in [2.05, 4.69) is 12.2 Å². The Hall–Kier alpha value is -1.90. The summed E-state index contributed by atoms with van der Waals surface area (Å²) in [4.78, 5) is 27.2. The second-order valence-corrected chi connectivity index (χ2v) is 7.40. The average Bonchev–Trinajstić information content (AvgIpc) is 3.30. The minimum absolute atomic E-state index is 0.0697. The molecule has 3 fully saturated rings. The van der Waals surface area contributed by atoms with Crippen LogP contribution in [-0.2, 0) is 16.1 Å². The van der Waals surface area contributed by atoms with Gasteiger partial charge in [0, 0.05) is 0 Å². The zero-order valence-corrected chi connectivity index (χ0v) is 12.6. The summed E-state index contributed by atoms with van der Waals surface area (Å²) in [6.45, 7) is 2.47. The molecule has 0 N–H and O–H groups in total. The number of amides is 2. The van der Waals surface area contributed by atoms with Crippen molar-refractivity contribution in [2.45, 2.75) is 19.9 Å². The fourth-order valence-electron chi connectivity index (χ4n) is 5.05. The molecule has 1 aromatic carbocycles. The predicted octanol–water partition coefficient (Wildman–Crippen LogP) is 2.55. The summed E-state index contributed by atoms with van der Waals surface area (Å²) < 4.78 is 0. The Labute approximate surface area is 130 Å². The SMILES string of the molecule is Cc1ccc(CN2C(=O)[C@@H]3[C@H]4C=C[C@@H]([C@@H]5C[C@H]45)[C@H]3C2=O)cc1. The number of aryl methyl sites for hydroxylation is 1. The van der Waals surface area contributed by atoms with Crippen LogP contribution in [-0.4, -0.2) is 16.7 Å². The third-order valence-corrected chi connectivity index (χ3v) is 6.22. The largest absolute Gasteiger partial charge is 0.278 e. The lowest BCUT2D eigenvalue weighted by molar-refractivity contribution is -0.140. The van der Waals surface area contributed by atoms with Crippen molar-refractivity contribution in [3.05, 3.63) is 47.5 Å². The monoisotopic (exact) mass is 293 g/mol. The van der Waals surface area contributed by atoms with Crippen molar-refractivity contribution >= 4 is 11.8 Å². The highest BCUT2D eigenvalue weighted by Crippen LogP contribution is 2.65. The van der Waals surface area contributed by atoms with Crippen LogP contribution in [0.25, 0.3) is 0 Å². The number of allylic oxidation sites excluding steroid dienone is 2. The molecule has 0 spiro atoms. The number of imide groups is 1. The van der Waals surface area contributed by atoms with Gasteiger partial charge in [-0.2, -0.15) is 0 Å². The summed E-state index contributed by atoms with van der Waals surface area (Å²) >= 11 is 0. The number of hydrogen-bond donors (Lipinski definition) is 0. The van der Waals surface area contributed by atoms with Gasteiger partial charge >= 0.3 is 0 Å². The van der Waals surface area contributed by atoms with Gasteiger partial charge in [0.15, 0.2) is 0 Å². The highest BCUT2D eigenvalue weighted by Gasteiger charge is 2.66. The predicted molar refractivity (Wildman–Crippen MR) is 81.4 cm³/mol. The number of carbonyl (C=O) groups excluding carboxylic acids is 2. The van der Waals surface area contributed by atoms with E-state index in [0.717, 1.165) is 5.56 Å².